The lowest BCUT2D eigenvalue weighted by Gasteiger charge is -2.08. The van der Waals surface area contributed by atoms with E-state index in [-0.39, 0.29) is 13.2 Å². The second-order valence-corrected chi connectivity index (χ2v) is 5.28. The Bertz CT molecular complexity index is 707. The molecule has 0 saturated heterocycles. The van der Waals surface area contributed by atoms with Crippen molar-refractivity contribution >= 4 is 17.6 Å². The zero-order valence-corrected chi connectivity index (χ0v) is 13.1. The highest BCUT2D eigenvalue weighted by molar-refractivity contribution is 5.95. The highest BCUT2D eigenvalue weighted by Gasteiger charge is 2.10. The van der Waals surface area contributed by atoms with Crippen LogP contribution in [0.1, 0.15) is 27.0 Å². The number of hydrogen-bond acceptors (Lipinski definition) is 4. The zero-order valence-electron chi connectivity index (χ0n) is 13.1. The third-order valence-corrected chi connectivity index (χ3v) is 3.50. The highest BCUT2D eigenvalue weighted by Crippen LogP contribution is 2.14. The number of benzene rings is 2. The van der Waals surface area contributed by atoms with Gasteiger partial charge in [-0.15, -0.1) is 0 Å². The Hall–Kier alpha value is -2.66. The standard InChI is InChI=1S/C18H19NO4/c1-12-3-8-16(9-13(12)2)19-17(21)11-23-18(22)15-6-4-14(10-20)5-7-15/h3-9,20H,10-11H2,1-2H3,(H,19,21). The number of ether oxygens (including phenoxy) is 1. The Labute approximate surface area is 134 Å². The van der Waals surface area contributed by atoms with E-state index in [1.54, 1.807) is 30.3 Å². The average molecular weight is 313 g/mol. The predicted molar refractivity (Wildman–Crippen MR) is 87.2 cm³/mol. The molecule has 0 bridgehead atoms. The normalized spacial score (nSPS) is 10.2. The summed E-state index contributed by atoms with van der Waals surface area (Å²) in [5, 5.41) is 11.6. The summed E-state index contributed by atoms with van der Waals surface area (Å²) in [5.41, 5.74) is 3.92. The third-order valence-electron chi connectivity index (χ3n) is 3.50. The largest absolute Gasteiger partial charge is 0.452 e. The monoisotopic (exact) mass is 313 g/mol. The molecule has 0 unspecified atom stereocenters. The molecule has 2 aromatic carbocycles. The lowest BCUT2D eigenvalue weighted by Crippen LogP contribution is -2.21. The lowest BCUT2D eigenvalue weighted by atomic mass is 10.1. The molecule has 0 fully saturated rings. The van der Waals surface area contributed by atoms with Gasteiger partial charge < -0.3 is 15.2 Å². The molecule has 0 aliphatic carbocycles. The summed E-state index contributed by atoms with van der Waals surface area (Å²) in [6.07, 6.45) is 0. The number of aliphatic hydroxyl groups is 1. The fourth-order valence-corrected chi connectivity index (χ4v) is 1.98. The molecule has 0 atom stereocenters. The van der Waals surface area contributed by atoms with Crippen LogP contribution in [0.5, 0.6) is 0 Å². The van der Waals surface area contributed by atoms with E-state index >= 15 is 0 Å². The molecule has 120 valence electrons. The molecule has 0 aliphatic heterocycles. The van der Waals surface area contributed by atoms with Crippen molar-refractivity contribution in [2.75, 3.05) is 11.9 Å². The Balaban J connectivity index is 1.87. The first-order valence-electron chi connectivity index (χ1n) is 7.23. The number of carbonyl (C=O) groups is 2. The number of amides is 1. The summed E-state index contributed by atoms with van der Waals surface area (Å²) in [5.74, 6) is -0.974. The number of nitrogens with one attached hydrogen (secondary N) is 1. The number of aliphatic hydroxyl groups excluding tert-OH is 1. The van der Waals surface area contributed by atoms with Crippen molar-refractivity contribution in [3.05, 3.63) is 64.7 Å². The number of esters is 1. The topological polar surface area (TPSA) is 75.6 Å². The van der Waals surface area contributed by atoms with Gasteiger partial charge in [0.25, 0.3) is 5.91 Å². The van der Waals surface area contributed by atoms with E-state index in [0.29, 0.717) is 16.8 Å². The molecule has 1 amide bonds. The maximum Gasteiger partial charge on any atom is 0.338 e. The van der Waals surface area contributed by atoms with E-state index in [0.717, 1.165) is 11.1 Å². The molecule has 2 N–H and O–H groups in total. The number of rotatable bonds is 5. The van der Waals surface area contributed by atoms with Gasteiger partial charge in [0.15, 0.2) is 6.61 Å². The fourth-order valence-electron chi connectivity index (χ4n) is 1.98. The maximum absolute atomic E-state index is 11.8. The van der Waals surface area contributed by atoms with Crippen LogP contribution >= 0.6 is 0 Å². The van der Waals surface area contributed by atoms with Crippen LogP contribution in [-0.2, 0) is 16.1 Å². The third kappa shape index (κ3) is 4.66. The van der Waals surface area contributed by atoms with Crippen molar-refractivity contribution < 1.29 is 19.4 Å². The number of carbonyl (C=O) groups excluding carboxylic acids is 2. The van der Waals surface area contributed by atoms with Crippen LogP contribution in [0.15, 0.2) is 42.5 Å². The van der Waals surface area contributed by atoms with Gasteiger partial charge in [-0.3, -0.25) is 4.79 Å². The van der Waals surface area contributed by atoms with Crippen molar-refractivity contribution in [2.45, 2.75) is 20.5 Å². The molecule has 0 spiro atoms. The van der Waals surface area contributed by atoms with E-state index < -0.39 is 11.9 Å². The Morgan fingerprint density at radius 2 is 1.74 bits per heavy atom. The van der Waals surface area contributed by atoms with Gasteiger partial charge in [-0.25, -0.2) is 4.79 Å². The highest BCUT2D eigenvalue weighted by atomic mass is 16.5. The molecular weight excluding hydrogens is 294 g/mol. The van der Waals surface area contributed by atoms with Crippen LogP contribution in [0, 0.1) is 13.8 Å². The van der Waals surface area contributed by atoms with E-state index in [1.165, 1.54) is 0 Å². The second-order valence-electron chi connectivity index (χ2n) is 5.28. The number of anilines is 1. The van der Waals surface area contributed by atoms with Crippen LogP contribution in [0.3, 0.4) is 0 Å². The van der Waals surface area contributed by atoms with Gasteiger partial charge >= 0.3 is 5.97 Å². The minimum absolute atomic E-state index is 0.0896. The van der Waals surface area contributed by atoms with E-state index in [4.69, 9.17) is 9.84 Å². The molecule has 2 aromatic rings. The smallest absolute Gasteiger partial charge is 0.338 e. The first-order chi connectivity index (χ1) is 11.0. The molecule has 5 heteroatoms. The van der Waals surface area contributed by atoms with Gasteiger partial charge in [-0.1, -0.05) is 18.2 Å². The second kappa shape index (κ2) is 7.56. The minimum Gasteiger partial charge on any atom is -0.452 e. The van der Waals surface area contributed by atoms with Crippen molar-refractivity contribution in [2.24, 2.45) is 0 Å². The van der Waals surface area contributed by atoms with Gasteiger partial charge in [-0.2, -0.15) is 0 Å². The summed E-state index contributed by atoms with van der Waals surface area (Å²) in [7, 11) is 0. The number of hydrogen-bond donors (Lipinski definition) is 2. The van der Waals surface area contributed by atoms with Crippen LogP contribution in [0.2, 0.25) is 0 Å². The molecule has 0 saturated carbocycles. The fraction of sp³-hybridized carbons (Fsp3) is 0.222. The van der Waals surface area contributed by atoms with Crippen molar-refractivity contribution in [1.82, 2.24) is 0 Å². The predicted octanol–water partition coefficient (Wildman–Crippen LogP) is 2.59. The molecule has 5 nitrogen and oxygen atoms in total. The maximum atomic E-state index is 11.8. The van der Waals surface area contributed by atoms with Crippen LogP contribution in [-0.4, -0.2) is 23.6 Å². The van der Waals surface area contributed by atoms with Gasteiger partial charge in [-0.05, 0) is 54.8 Å². The van der Waals surface area contributed by atoms with Gasteiger partial charge in [0, 0.05) is 5.69 Å². The molecule has 2 rings (SSSR count). The van der Waals surface area contributed by atoms with E-state index in [1.807, 2.05) is 26.0 Å². The Kier molecular flexibility index (Phi) is 5.49. The lowest BCUT2D eigenvalue weighted by molar-refractivity contribution is -0.119. The summed E-state index contributed by atoms with van der Waals surface area (Å²) in [4.78, 5) is 23.7. The van der Waals surface area contributed by atoms with Gasteiger partial charge in [0.1, 0.15) is 0 Å². The van der Waals surface area contributed by atoms with E-state index in [9.17, 15) is 9.59 Å². The van der Waals surface area contributed by atoms with Crippen molar-refractivity contribution in [3.8, 4) is 0 Å². The summed E-state index contributed by atoms with van der Waals surface area (Å²) >= 11 is 0. The zero-order chi connectivity index (χ0) is 16.8. The van der Waals surface area contributed by atoms with Gasteiger partial charge in [0.05, 0.1) is 12.2 Å². The average Bonchev–Trinajstić information content (AvgIpc) is 2.56. The molecular formula is C18H19NO4. The first-order valence-corrected chi connectivity index (χ1v) is 7.23. The summed E-state index contributed by atoms with van der Waals surface area (Å²) < 4.78 is 4.98. The molecule has 0 radical (unpaired) electrons. The molecule has 0 heterocycles. The van der Waals surface area contributed by atoms with Crippen LogP contribution in [0.25, 0.3) is 0 Å². The summed E-state index contributed by atoms with van der Waals surface area (Å²) in [6, 6.07) is 11.9. The van der Waals surface area contributed by atoms with E-state index in [2.05, 4.69) is 5.32 Å². The molecule has 0 aromatic heterocycles. The van der Waals surface area contributed by atoms with Gasteiger partial charge in [0.2, 0.25) is 0 Å². The summed E-state index contributed by atoms with van der Waals surface area (Å²) in [6.45, 7) is 3.51. The molecule has 23 heavy (non-hydrogen) atoms. The Morgan fingerprint density at radius 3 is 2.35 bits per heavy atom. The molecule has 0 aliphatic rings. The number of aryl methyl sites for hydroxylation is 2. The quantitative estimate of drug-likeness (QED) is 0.832. The minimum atomic E-state index is -0.579. The van der Waals surface area contributed by atoms with Crippen molar-refractivity contribution in [3.63, 3.8) is 0 Å². The van der Waals surface area contributed by atoms with Crippen molar-refractivity contribution in [1.29, 1.82) is 0 Å². The van der Waals surface area contributed by atoms with Crippen LogP contribution in [0.4, 0.5) is 5.69 Å². The first kappa shape index (κ1) is 16.7. The SMILES string of the molecule is Cc1ccc(NC(=O)COC(=O)c2ccc(CO)cc2)cc1C. The Morgan fingerprint density at radius 1 is 1.04 bits per heavy atom. The van der Waals surface area contributed by atoms with Crippen LogP contribution < -0.4 is 5.32 Å².